The maximum Gasteiger partial charge on any atom is 0.319 e. The standard InChI is InChI=1S/C20H31N3O3/c1-3-26-19(24)7-5-13-23-12-4-6-17(15-23)14-21-20(25)22-18-10-8-16(2)9-11-18/h8-11,17H,3-7,12-15H2,1-2H3,(H2,21,22,25). The van der Waals surface area contributed by atoms with Crippen LogP contribution < -0.4 is 10.6 Å². The Labute approximate surface area is 156 Å². The summed E-state index contributed by atoms with van der Waals surface area (Å²) >= 11 is 0. The molecule has 1 fully saturated rings. The zero-order valence-corrected chi connectivity index (χ0v) is 15.9. The summed E-state index contributed by atoms with van der Waals surface area (Å²) in [6.45, 7) is 7.90. The van der Waals surface area contributed by atoms with E-state index in [4.69, 9.17) is 4.74 Å². The Morgan fingerprint density at radius 2 is 2.04 bits per heavy atom. The predicted molar refractivity (Wildman–Crippen MR) is 103 cm³/mol. The Balaban J connectivity index is 1.65. The smallest absolute Gasteiger partial charge is 0.319 e. The summed E-state index contributed by atoms with van der Waals surface area (Å²) in [5.41, 5.74) is 1.97. The van der Waals surface area contributed by atoms with Gasteiger partial charge in [0.1, 0.15) is 0 Å². The van der Waals surface area contributed by atoms with E-state index >= 15 is 0 Å². The molecule has 1 aromatic carbocycles. The molecule has 0 saturated carbocycles. The van der Waals surface area contributed by atoms with E-state index in [9.17, 15) is 9.59 Å². The molecule has 6 nitrogen and oxygen atoms in total. The van der Waals surface area contributed by atoms with Crippen molar-refractivity contribution in [3.8, 4) is 0 Å². The zero-order valence-electron chi connectivity index (χ0n) is 15.9. The van der Waals surface area contributed by atoms with Crippen molar-refractivity contribution in [3.63, 3.8) is 0 Å². The summed E-state index contributed by atoms with van der Waals surface area (Å²) in [6, 6.07) is 7.60. The minimum Gasteiger partial charge on any atom is -0.466 e. The molecule has 1 unspecified atom stereocenters. The minimum absolute atomic E-state index is 0.115. The normalized spacial score (nSPS) is 17.5. The lowest BCUT2D eigenvalue weighted by Gasteiger charge is -2.32. The first kappa shape index (κ1) is 20.2. The molecule has 1 aliphatic rings. The third-order valence-electron chi connectivity index (χ3n) is 4.62. The molecule has 6 heteroatoms. The number of amides is 2. The molecule has 0 radical (unpaired) electrons. The number of benzene rings is 1. The van der Waals surface area contributed by atoms with Crippen LogP contribution in [0.25, 0.3) is 0 Å². The number of rotatable bonds is 8. The highest BCUT2D eigenvalue weighted by Crippen LogP contribution is 2.16. The van der Waals surface area contributed by atoms with E-state index in [1.807, 2.05) is 38.1 Å². The fourth-order valence-corrected chi connectivity index (χ4v) is 3.25. The lowest BCUT2D eigenvalue weighted by molar-refractivity contribution is -0.143. The van der Waals surface area contributed by atoms with Crippen molar-refractivity contribution in [1.82, 2.24) is 10.2 Å². The Morgan fingerprint density at radius 3 is 2.77 bits per heavy atom. The molecule has 2 N–H and O–H groups in total. The van der Waals surface area contributed by atoms with Gasteiger partial charge in [0, 0.05) is 25.2 Å². The highest BCUT2D eigenvalue weighted by molar-refractivity contribution is 5.89. The Bertz CT molecular complexity index is 574. The second kappa shape index (κ2) is 10.8. The molecule has 0 aliphatic carbocycles. The van der Waals surface area contributed by atoms with Crippen LogP contribution in [-0.2, 0) is 9.53 Å². The number of anilines is 1. The van der Waals surface area contributed by atoms with Crippen LogP contribution in [0.4, 0.5) is 10.5 Å². The number of hydrogen-bond acceptors (Lipinski definition) is 4. The highest BCUT2D eigenvalue weighted by atomic mass is 16.5. The zero-order chi connectivity index (χ0) is 18.8. The number of esters is 1. The van der Waals surface area contributed by atoms with Crippen LogP contribution in [0, 0.1) is 12.8 Å². The molecular formula is C20H31N3O3. The Kier molecular flexibility index (Phi) is 8.41. The first-order valence-corrected chi connectivity index (χ1v) is 9.56. The van der Waals surface area contributed by atoms with E-state index < -0.39 is 0 Å². The number of likely N-dealkylation sites (tertiary alicyclic amines) is 1. The van der Waals surface area contributed by atoms with Crippen molar-refractivity contribution in [1.29, 1.82) is 0 Å². The van der Waals surface area contributed by atoms with Gasteiger partial charge in [-0.1, -0.05) is 17.7 Å². The van der Waals surface area contributed by atoms with Gasteiger partial charge in [0.05, 0.1) is 6.61 Å². The van der Waals surface area contributed by atoms with Gasteiger partial charge in [-0.2, -0.15) is 0 Å². The average molecular weight is 361 g/mol. The molecule has 1 saturated heterocycles. The second-order valence-electron chi connectivity index (χ2n) is 6.92. The molecule has 2 rings (SSSR count). The third-order valence-corrected chi connectivity index (χ3v) is 4.62. The van der Waals surface area contributed by atoms with E-state index in [-0.39, 0.29) is 12.0 Å². The van der Waals surface area contributed by atoms with Crippen LogP contribution in [-0.4, -0.2) is 49.7 Å². The molecule has 1 aromatic rings. The van der Waals surface area contributed by atoms with Crippen molar-refractivity contribution in [2.24, 2.45) is 5.92 Å². The summed E-state index contributed by atoms with van der Waals surface area (Å²) in [4.78, 5) is 25.8. The van der Waals surface area contributed by atoms with E-state index in [0.29, 0.717) is 25.5 Å². The van der Waals surface area contributed by atoms with Crippen LogP contribution in [0.3, 0.4) is 0 Å². The highest BCUT2D eigenvalue weighted by Gasteiger charge is 2.20. The molecule has 144 valence electrons. The lowest BCUT2D eigenvalue weighted by atomic mass is 9.98. The van der Waals surface area contributed by atoms with Gasteiger partial charge < -0.3 is 20.3 Å². The van der Waals surface area contributed by atoms with Gasteiger partial charge in [0.15, 0.2) is 0 Å². The van der Waals surface area contributed by atoms with Crippen LogP contribution in [0.1, 0.15) is 38.2 Å². The van der Waals surface area contributed by atoms with Crippen molar-refractivity contribution < 1.29 is 14.3 Å². The van der Waals surface area contributed by atoms with Crippen molar-refractivity contribution >= 4 is 17.7 Å². The van der Waals surface area contributed by atoms with E-state index in [1.54, 1.807) is 0 Å². The third kappa shape index (κ3) is 7.44. The number of ether oxygens (including phenoxy) is 1. The molecule has 26 heavy (non-hydrogen) atoms. The largest absolute Gasteiger partial charge is 0.466 e. The SMILES string of the molecule is CCOC(=O)CCCN1CCCC(CNC(=O)Nc2ccc(C)cc2)C1. The lowest BCUT2D eigenvalue weighted by Crippen LogP contribution is -2.42. The maximum absolute atomic E-state index is 12.0. The van der Waals surface area contributed by atoms with Crippen molar-refractivity contribution in [2.45, 2.75) is 39.5 Å². The van der Waals surface area contributed by atoms with Gasteiger partial charge in [0.25, 0.3) is 0 Å². The molecule has 0 spiro atoms. The van der Waals surface area contributed by atoms with Crippen molar-refractivity contribution in [2.75, 3.05) is 38.1 Å². The van der Waals surface area contributed by atoms with E-state index in [2.05, 4.69) is 15.5 Å². The summed E-state index contributed by atoms with van der Waals surface area (Å²) in [5.74, 6) is 0.339. The summed E-state index contributed by atoms with van der Waals surface area (Å²) in [5, 5.41) is 5.84. The number of piperidine rings is 1. The molecule has 1 aliphatic heterocycles. The topological polar surface area (TPSA) is 70.7 Å². The number of urea groups is 1. The summed E-state index contributed by atoms with van der Waals surface area (Å²) in [6.07, 6.45) is 3.56. The van der Waals surface area contributed by atoms with Crippen molar-refractivity contribution in [3.05, 3.63) is 29.8 Å². The number of aryl methyl sites for hydroxylation is 1. The van der Waals surface area contributed by atoms with Gasteiger partial charge in [-0.25, -0.2) is 4.79 Å². The molecule has 1 atom stereocenters. The molecule has 1 heterocycles. The van der Waals surface area contributed by atoms with Gasteiger partial charge >= 0.3 is 12.0 Å². The fourth-order valence-electron chi connectivity index (χ4n) is 3.25. The number of nitrogens with one attached hydrogen (secondary N) is 2. The first-order chi connectivity index (χ1) is 12.6. The van der Waals surface area contributed by atoms with Gasteiger partial charge in [-0.3, -0.25) is 4.79 Å². The van der Waals surface area contributed by atoms with E-state index in [1.165, 1.54) is 5.56 Å². The maximum atomic E-state index is 12.0. The fraction of sp³-hybridized carbons (Fsp3) is 0.600. The molecule has 0 aromatic heterocycles. The second-order valence-corrected chi connectivity index (χ2v) is 6.92. The Hall–Kier alpha value is -2.08. The predicted octanol–water partition coefficient (Wildman–Crippen LogP) is 3.17. The summed E-state index contributed by atoms with van der Waals surface area (Å²) in [7, 11) is 0. The number of carbonyl (C=O) groups is 2. The van der Waals surface area contributed by atoms with Gasteiger partial charge in [0.2, 0.25) is 0 Å². The van der Waals surface area contributed by atoms with Gasteiger partial charge in [-0.15, -0.1) is 0 Å². The van der Waals surface area contributed by atoms with E-state index in [0.717, 1.165) is 44.6 Å². The number of hydrogen-bond donors (Lipinski definition) is 2. The van der Waals surface area contributed by atoms with Gasteiger partial charge in [-0.05, 0) is 64.3 Å². The van der Waals surface area contributed by atoms with Crippen LogP contribution in [0.15, 0.2) is 24.3 Å². The molecule has 2 amide bonds. The monoisotopic (exact) mass is 361 g/mol. The van der Waals surface area contributed by atoms with Crippen LogP contribution in [0.2, 0.25) is 0 Å². The molecular weight excluding hydrogens is 330 g/mol. The minimum atomic E-state index is -0.159. The average Bonchev–Trinajstić information content (AvgIpc) is 2.63. The first-order valence-electron chi connectivity index (χ1n) is 9.56. The molecule has 0 bridgehead atoms. The summed E-state index contributed by atoms with van der Waals surface area (Å²) < 4.78 is 4.96. The van der Waals surface area contributed by atoms with Crippen LogP contribution in [0.5, 0.6) is 0 Å². The van der Waals surface area contributed by atoms with Crippen LogP contribution >= 0.6 is 0 Å². The number of nitrogens with zero attached hydrogens (tertiary/aromatic N) is 1. The quantitative estimate of drug-likeness (QED) is 0.698. The number of carbonyl (C=O) groups excluding carboxylic acids is 2. The Morgan fingerprint density at radius 1 is 1.27 bits per heavy atom.